The molecule has 3 nitrogen and oxygen atoms in total. The molecule has 0 aliphatic rings. The van der Waals surface area contributed by atoms with Crippen molar-refractivity contribution in [2.75, 3.05) is 0 Å². The van der Waals surface area contributed by atoms with Gasteiger partial charge in [0.2, 0.25) is 9.84 Å². The lowest BCUT2D eigenvalue weighted by atomic mass is 10.1. The van der Waals surface area contributed by atoms with Crippen molar-refractivity contribution in [2.45, 2.75) is 16.7 Å². The second-order valence-electron chi connectivity index (χ2n) is 4.93. The summed E-state index contributed by atoms with van der Waals surface area (Å²) >= 11 is 0. The van der Waals surface area contributed by atoms with Crippen LogP contribution in [0.4, 0.5) is 0 Å². The van der Waals surface area contributed by atoms with Gasteiger partial charge in [-0.05, 0) is 42.1 Å². The fraction of sp³-hybridized carbons (Fsp3) is 0.0588. The molecule has 3 aromatic carbocycles. The Balaban J connectivity index is 2.30. The number of hydrogen-bond donors (Lipinski definition) is 1. The van der Waals surface area contributed by atoms with E-state index in [1.54, 1.807) is 25.1 Å². The summed E-state index contributed by atoms with van der Waals surface area (Å²) in [6, 6.07) is 16.9. The van der Waals surface area contributed by atoms with E-state index in [-0.39, 0.29) is 15.5 Å². The van der Waals surface area contributed by atoms with Crippen LogP contribution in [-0.4, -0.2) is 13.5 Å². The second kappa shape index (κ2) is 4.90. The van der Waals surface area contributed by atoms with Crippen LogP contribution in [0.3, 0.4) is 0 Å². The van der Waals surface area contributed by atoms with E-state index in [1.165, 1.54) is 18.2 Å². The van der Waals surface area contributed by atoms with Crippen LogP contribution in [0.25, 0.3) is 10.8 Å². The highest BCUT2D eigenvalue weighted by Gasteiger charge is 2.22. The molecule has 0 unspecified atom stereocenters. The number of hydrogen-bond acceptors (Lipinski definition) is 3. The van der Waals surface area contributed by atoms with Gasteiger partial charge in [0.15, 0.2) is 0 Å². The Labute approximate surface area is 123 Å². The number of phenolic OH excluding ortho intramolecular Hbond substituents is 1. The zero-order valence-corrected chi connectivity index (χ0v) is 12.3. The molecule has 106 valence electrons. The molecule has 3 rings (SSSR count). The number of sulfone groups is 1. The molecule has 1 N–H and O–H groups in total. The summed E-state index contributed by atoms with van der Waals surface area (Å²) in [4.78, 5) is 0.506. The maximum Gasteiger partial charge on any atom is 0.207 e. The van der Waals surface area contributed by atoms with Crippen molar-refractivity contribution in [1.29, 1.82) is 0 Å². The fourth-order valence-corrected chi connectivity index (χ4v) is 4.18. The number of fused-ring (bicyclic) bond motifs is 1. The van der Waals surface area contributed by atoms with Gasteiger partial charge in [0.25, 0.3) is 0 Å². The van der Waals surface area contributed by atoms with Crippen molar-refractivity contribution in [1.82, 2.24) is 0 Å². The van der Waals surface area contributed by atoms with Crippen LogP contribution in [-0.2, 0) is 9.84 Å². The first-order valence-corrected chi connectivity index (χ1v) is 8.01. The lowest BCUT2D eigenvalue weighted by molar-refractivity contribution is 0.474. The highest BCUT2D eigenvalue weighted by Crippen LogP contribution is 2.30. The molecule has 3 aromatic rings. The standard InChI is InChI=1S/C17H14O3S/c1-12-11-14(18)9-10-16(12)21(19,20)17-8-4-6-13-5-2-3-7-15(13)17/h2-11,18H,1H3. The number of phenols is 1. The molecule has 0 amide bonds. The van der Waals surface area contributed by atoms with E-state index in [1.807, 2.05) is 24.3 Å². The minimum absolute atomic E-state index is 0.0596. The van der Waals surface area contributed by atoms with Crippen molar-refractivity contribution in [2.24, 2.45) is 0 Å². The van der Waals surface area contributed by atoms with Gasteiger partial charge in [-0.15, -0.1) is 0 Å². The van der Waals surface area contributed by atoms with Crippen molar-refractivity contribution in [3.05, 3.63) is 66.2 Å². The molecule has 4 heteroatoms. The summed E-state index contributed by atoms with van der Waals surface area (Å²) in [6.07, 6.45) is 0. The summed E-state index contributed by atoms with van der Waals surface area (Å²) in [5.41, 5.74) is 0.530. The largest absolute Gasteiger partial charge is 0.508 e. The van der Waals surface area contributed by atoms with Crippen molar-refractivity contribution >= 4 is 20.6 Å². The third-order valence-electron chi connectivity index (χ3n) is 3.49. The molecule has 0 saturated carbocycles. The van der Waals surface area contributed by atoms with Crippen LogP contribution in [0.15, 0.2) is 70.5 Å². The summed E-state index contributed by atoms with van der Waals surface area (Å²) in [6.45, 7) is 1.68. The van der Waals surface area contributed by atoms with Gasteiger partial charge in [-0.3, -0.25) is 0 Å². The van der Waals surface area contributed by atoms with Gasteiger partial charge >= 0.3 is 0 Å². The van der Waals surface area contributed by atoms with Crippen LogP contribution in [0.1, 0.15) is 5.56 Å². The molecule has 0 fully saturated rings. The molecule has 0 radical (unpaired) electrons. The van der Waals surface area contributed by atoms with Gasteiger partial charge in [0.05, 0.1) is 9.79 Å². The molecule has 0 atom stereocenters. The molecule has 0 aliphatic carbocycles. The highest BCUT2D eigenvalue weighted by molar-refractivity contribution is 7.91. The monoisotopic (exact) mass is 298 g/mol. The minimum Gasteiger partial charge on any atom is -0.508 e. The third kappa shape index (κ3) is 2.28. The first kappa shape index (κ1) is 13.6. The summed E-state index contributed by atoms with van der Waals surface area (Å²) < 4.78 is 25.8. The Bertz CT molecular complexity index is 922. The lowest BCUT2D eigenvalue weighted by Gasteiger charge is -2.10. The molecular weight excluding hydrogens is 284 g/mol. The Kier molecular flexibility index (Phi) is 3.18. The summed E-state index contributed by atoms with van der Waals surface area (Å²) in [7, 11) is -3.62. The third-order valence-corrected chi connectivity index (χ3v) is 5.46. The van der Waals surface area contributed by atoms with Gasteiger partial charge < -0.3 is 5.11 Å². The van der Waals surface area contributed by atoms with Gasteiger partial charge in [0, 0.05) is 5.39 Å². The SMILES string of the molecule is Cc1cc(O)ccc1S(=O)(=O)c1cccc2ccccc12. The predicted molar refractivity (Wildman–Crippen MR) is 82.2 cm³/mol. The first-order valence-electron chi connectivity index (χ1n) is 6.52. The summed E-state index contributed by atoms with van der Waals surface area (Å²) in [5, 5.41) is 11.0. The van der Waals surface area contributed by atoms with Crippen LogP contribution in [0, 0.1) is 6.92 Å². The van der Waals surface area contributed by atoms with E-state index in [4.69, 9.17) is 0 Å². The van der Waals surface area contributed by atoms with Gasteiger partial charge in [-0.2, -0.15) is 0 Å². The maximum atomic E-state index is 12.9. The number of aryl methyl sites for hydroxylation is 1. The van der Waals surface area contributed by atoms with E-state index in [9.17, 15) is 13.5 Å². The zero-order chi connectivity index (χ0) is 15.0. The Hall–Kier alpha value is -2.33. The van der Waals surface area contributed by atoms with Gasteiger partial charge in [-0.1, -0.05) is 36.4 Å². The molecule has 0 saturated heterocycles. The van der Waals surface area contributed by atoms with Crippen LogP contribution in [0.2, 0.25) is 0 Å². The zero-order valence-electron chi connectivity index (χ0n) is 11.4. The molecule has 0 aromatic heterocycles. The van der Waals surface area contributed by atoms with Crippen molar-refractivity contribution in [3.8, 4) is 5.75 Å². The highest BCUT2D eigenvalue weighted by atomic mass is 32.2. The van der Waals surface area contributed by atoms with Gasteiger partial charge in [-0.25, -0.2) is 8.42 Å². The average Bonchev–Trinajstić information content (AvgIpc) is 2.46. The van der Waals surface area contributed by atoms with Crippen LogP contribution in [0.5, 0.6) is 5.75 Å². The number of aromatic hydroxyl groups is 1. The van der Waals surface area contributed by atoms with Gasteiger partial charge in [0.1, 0.15) is 5.75 Å². The molecule has 0 aliphatic heterocycles. The summed E-state index contributed by atoms with van der Waals surface area (Å²) in [5.74, 6) is 0.0596. The maximum absolute atomic E-state index is 12.9. The Morgan fingerprint density at radius 3 is 2.33 bits per heavy atom. The Morgan fingerprint density at radius 1 is 0.857 bits per heavy atom. The van der Waals surface area contributed by atoms with Crippen molar-refractivity contribution < 1.29 is 13.5 Å². The molecule has 0 bridgehead atoms. The van der Waals surface area contributed by atoms with Crippen molar-refractivity contribution in [3.63, 3.8) is 0 Å². The topological polar surface area (TPSA) is 54.4 Å². The smallest absolute Gasteiger partial charge is 0.207 e. The van der Waals surface area contributed by atoms with E-state index in [2.05, 4.69) is 0 Å². The van der Waals surface area contributed by atoms with Crippen LogP contribution < -0.4 is 0 Å². The molecule has 0 heterocycles. The van der Waals surface area contributed by atoms with E-state index in [0.717, 1.165) is 5.39 Å². The van der Waals surface area contributed by atoms with E-state index < -0.39 is 9.84 Å². The van der Waals surface area contributed by atoms with E-state index >= 15 is 0 Å². The first-order chi connectivity index (χ1) is 10.00. The predicted octanol–water partition coefficient (Wildman–Crippen LogP) is 3.69. The lowest BCUT2D eigenvalue weighted by Crippen LogP contribution is -2.04. The normalized spacial score (nSPS) is 11.7. The van der Waals surface area contributed by atoms with Crippen LogP contribution >= 0.6 is 0 Å². The average molecular weight is 298 g/mol. The second-order valence-corrected chi connectivity index (χ2v) is 6.82. The molecular formula is C17H14O3S. The Morgan fingerprint density at radius 2 is 1.57 bits per heavy atom. The quantitative estimate of drug-likeness (QED) is 0.785. The molecule has 0 spiro atoms. The molecule has 21 heavy (non-hydrogen) atoms. The fourth-order valence-electron chi connectivity index (χ4n) is 2.48. The number of rotatable bonds is 2. The van der Waals surface area contributed by atoms with E-state index in [0.29, 0.717) is 10.9 Å². The number of benzene rings is 3. The minimum atomic E-state index is -3.62.